The summed E-state index contributed by atoms with van der Waals surface area (Å²) in [6.45, 7) is 11.6. The van der Waals surface area contributed by atoms with Gasteiger partial charge in [-0.05, 0) is 52.5 Å². The van der Waals surface area contributed by atoms with E-state index in [9.17, 15) is 0 Å². The van der Waals surface area contributed by atoms with Crippen molar-refractivity contribution in [2.24, 2.45) is 0 Å². The second kappa shape index (κ2) is 10.4. The Morgan fingerprint density at radius 1 is 0.767 bits per heavy atom. The molecule has 0 unspecified atom stereocenters. The molecule has 0 saturated carbocycles. The SMILES string of the molecule is Cc1c(-c2nc(CCO[Si](c3ccccc3)(c3ccccc3)C(C)(C)C)no2)[nH]c2cc3c([nH]c4ccccc43)c(C)c12. The molecule has 0 amide bonds. The molecule has 0 atom stereocenters. The molecule has 216 valence electrons. The third-order valence-electron chi connectivity index (χ3n) is 8.81. The summed E-state index contributed by atoms with van der Waals surface area (Å²) in [6.07, 6.45) is 0.557. The van der Waals surface area contributed by atoms with E-state index in [1.807, 2.05) is 0 Å². The van der Waals surface area contributed by atoms with E-state index in [0.29, 0.717) is 24.7 Å². The molecule has 0 aliphatic rings. The fourth-order valence-corrected chi connectivity index (χ4v) is 11.4. The Morgan fingerprint density at radius 3 is 2.09 bits per heavy atom. The van der Waals surface area contributed by atoms with Crippen LogP contribution in [0.4, 0.5) is 0 Å². The van der Waals surface area contributed by atoms with Crippen molar-refractivity contribution < 1.29 is 8.95 Å². The van der Waals surface area contributed by atoms with Gasteiger partial charge in [0.25, 0.3) is 14.2 Å². The number of nitrogens with zero attached hydrogens (tertiary/aromatic N) is 2. The Balaban J connectivity index is 1.19. The molecular formula is C36H36N4O2Si. The smallest absolute Gasteiger partial charge is 0.274 e. The van der Waals surface area contributed by atoms with Crippen molar-refractivity contribution >= 4 is 51.4 Å². The highest BCUT2D eigenvalue weighted by Gasteiger charge is 2.50. The monoisotopic (exact) mass is 584 g/mol. The van der Waals surface area contributed by atoms with Crippen molar-refractivity contribution in [3.8, 4) is 11.6 Å². The molecule has 7 heteroatoms. The van der Waals surface area contributed by atoms with Gasteiger partial charge in [-0.2, -0.15) is 4.98 Å². The van der Waals surface area contributed by atoms with Crippen molar-refractivity contribution in [3.05, 3.63) is 108 Å². The third-order valence-corrected chi connectivity index (χ3v) is 13.8. The Bertz CT molecular complexity index is 2030. The van der Waals surface area contributed by atoms with Gasteiger partial charge in [-0.1, -0.05) is 105 Å². The van der Waals surface area contributed by atoms with Gasteiger partial charge in [0.05, 0.1) is 5.52 Å². The Hall–Kier alpha value is -4.46. The fraction of sp³-hybridized carbons (Fsp3) is 0.222. The maximum atomic E-state index is 7.05. The van der Waals surface area contributed by atoms with Crippen LogP contribution in [0, 0.1) is 13.8 Å². The van der Waals surface area contributed by atoms with Crippen LogP contribution in [0.5, 0.6) is 0 Å². The van der Waals surface area contributed by atoms with Crippen LogP contribution in [-0.4, -0.2) is 35.0 Å². The van der Waals surface area contributed by atoms with Crippen molar-refractivity contribution in [2.45, 2.75) is 46.1 Å². The van der Waals surface area contributed by atoms with E-state index in [4.69, 9.17) is 13.9 Å². The topological polar surface area (TPSA) is 79.7 Å². The molecule has 3 aromatic heterocycles. The van der Waals surface area contributed by atoms with Crippen LogP contribution in [0.2, 0.25) is 5.04 Å². The summed E-state index contributed by atoms with van der Waals surface area (Å²) in [7, 11) is -2.63. The van der Waals surface area contributed by atoms with Crippen LogP contribution in [0.15, 0.2) is 95.5 Å². The Kier molecular flexibility index (Phi) is 6.60. The van der Waals surface area contributed by atoms with E-state index < -0.39 is 8.32 Å². The van der Waals surface area contributed by atoms with Crippen LogP contribution < -0.4 is 10.4 Å². The lowest BCUT2D eigenvalue weighted by Crippen LogP contribution is -2.66. The number of aromatic nitrogens is 4. The maximum Gasteiger partial charge on any atom is 0.274 e. The quantitative estimate of drug-likeness (QED) is 0.189. The molecule has 0 saturated heterocycles. The molecule has 0 spiro atoms. The lowest BCUT2D eigenvalue weighted by atomic mass is 10.0. The average molecular weight is 585 g/mol. The predicted molar refractivity (Wildman–Crippen MR) is 178 cm³/mol. The molecule has 0 fully saturated rings. The molecule has 6 nitrogen and oxygen atoms in total. The molecule has 0 aliphatic heterocycles. The Labute approximate surface area is 252 Å². The molecule has 0 bridgehead atoms. The summed E-state index contributed by atoms with van der Waals surface area (Å²) in [6, 6.07) is 32.0. The first-order valence-corrected chi connectivity index (χ1v) is 16.8. The molecule has 0 radical (unpaired) electrons. The first kappa shape index (κ1) is 27.4. The van der Waals surface area contributed by atoms with E-state index in [-0.39, 0.29) is 5.04 Å². The zero-order chi connectivity index (χ0) is 29.8. The standard InChI is InChI=1S/C36H36N4O2Si/c1-23-32-24(2)34(38-30(32)22-28-27-18-12-13-19-29(27)37-33(23)28)35-39-31(40-42-35)20-21-41-43(36(3,4)5,25-14-8-6-9-15-25)26-16-10-7-11-17-26/h6-19,22,37-38H,20-21H2,1-5H3. The number of H-pyrrole nitrogens is 2. The van der Waals surface area contributed by atoms with Gasteiger partial charge in [0.1, 0.15) is 5.69 Å². The minimum Gasteiger partial charge on any atom is -0.407 e. The molecular weight excluding hydrogens is 549 g/mol. The van der Waals surface area contributed by atoms with Gasteiger partial charge in [-0.25, -0.2) is 0 Å². The molecule has 0 aliphatic carbocycles. The number of rotatable bonds is 7. The summed E-state index contributed by atoms with van der Waals surface area (Å²) in [5, 5.41) is 10.4. The van der Waals surface area contributed by atoms with Gasteiger partial charge >= 0.3 is 0 Å². The minimum absolute atomic E-state index is 0.0902. The molecule has 7 rings (SSSR count). The average Bonchev–Trinajstić information content (AvgIpc) is 3.72. The van der Waals surface area contributed by atoms with Crippen LogP contribution >= 0.6 is 0 Å². The number of para-hydroxylation sites is 1. The van der Waals surface area contributed by atoms with Gasteiger partial charge in [-0.3, -0.25) is 0 Å². The maximum absolute atomic E-state index is 7.05. The minimum atomic E-state index is -2.63. The van der Waals surface area contributed by atoms with Crippen LogP contribution in [0.25, 0.3) is 44.3 Å². The van der Waals surface area contributed by atoms with E-state index in [0.717, 1.165) is 27.8 Å². The number of aryl methyl sites for hydroxylation is 2. The van der Waals surface area contributed by atoms with Crippen LogP contribution in [0.1, 0.15) is 37.7 Å². The van der Waals surface area contributed by atoms with Gasteiger partial charge in [0.15, 0.2) is 5.82 Å². The van der Waals surface area contributed by atoms with Crippen molar-refractivity contribution in [1.29, 1.82) is 0 Å². The normalized spacial score (nSPS) is 12.6. The summed E-state index contributed by atoms with van der Waals surface area (Å²) in [5.74, 6) is 1.14. The summed E-state index contributed by atoms with van der Waals surface area (Å²) < 4.78 is 12.9. The van der Waals surface area contributed by atoms with Crippen LogP contribution in [0.3, 0.4) is 0 Å². The van der Waals surface area contributed by atoms with E-state index in [1.54, 1.807) is 0 Å². The van der Waals surface area contributed by atoms with Crippen molar-refractivity contribution in [1.82, 2.24) is 20.1 Å². The van der Waals surface area contributed by atoms with Crippen LogP contribution in [-0.2, 0) is 10.8 Å². The fourth-order valence-electron chi connectivity index (χ4n) is 6.82. The number of hydrogen-bond acceptors (Lipinski definition) is 4. The first-order chi connectivity index (χ1) is 20.8. The number of hydrogen-bond donors (Lipinski definition) is 2. The van der Waals surface area contributed by atoms with Gasteiger partial charge in [-0.15, -0.1) is 0 Å². The molecule has 4 aromatic carbocycles. The lowest BCUT2D eigenvalue weighted by Gasteiger charge is -2.43. The molecule has 43 heavy (non-hydrogen) atoms. The zero-order valence-electron chi connectivity index (χ0n) is 25.3. The summed E-state index contributed by atoms with van der Waals surface area (Å²) in [5.41, 5.74) is 6.55. The highest BCUT2D eigenvalue weighted by Crippen LogP contribution is 2.38. The predicted octanol–water partition coefficient (Wildman–Crippen LogP) is 7.59. The van der Waals surface area contributed by atoms with Gasteiger partial charge in [0, 0.05) is 40.2 Å². The van der Waals surface area contributed by atoms with E-state index in [2.05, 4.69) is 141 Å². The van der Waals surface area contributed by atoms with E-state index >= 15 is 0 Å². The first-order valence-electron chi connectivity index (χ1n) is 14.9. The second-order valence-corrected chi connectivity index (χ2v) is 16.7. The largest absolute Gasteiger partial charge is 0.407 e. The summed E-state index contributed by atoms with van der Waals surface area (Å²) in [4.78, 5) is 12.0. The van der Waals surface area contributed by atoms with Gasteiger partial charge in [0.2, 0.25) is 0 Å². The molecule has 2 N–H and O–H groups in total. The second-order valence-electron chi connectivity index (χ2n) is 12.4. The van der Waals surface area contributed by atoms with Crippen molar-refractivity contribution in [2.75, 3.05) is 6.61 Å². The molecule has 3 heterocycles. The van der Waals surface area contributed by atoms with E-state index in [1.165, 1.54) is 32.1 Å². The highest BCUT2D eigenvalue weighted by molar-refractivity contribution is 6.99. The number of aromatic amines is 2. The van der Waals surface area contributed by atoms with Gasteiger partial charge < -0.3 is 18.9 Å². The summed E-state index contributed by atoms with van der Waals surface area (Å²) >= 11 is 0. The molecule has 7 aromatic rings. The lowest BCUT2D eigenvalue weighted by molar-refractivity contribution is 0.296. The number of benzene rings is 4. The Morgan fingerprint density at radius 2 is 1.42 bits per heavy atom. The number of fused-ring (bicyclic) bond motifs is 4. The third kappa shape index (κ3) is 4.42. The highest BCUT2D eigenvalue weighted by atomic mass is 28.4. The zero-order valence-corrected chi connectivity index (χ0v) is 26.3. The van der Waals surface area contributed by atoms with Crippen molar-refractivity contribution in [3.63, 3.8) is 0 Å². The number of nitrogens with one attached hydrogen (secondary N) is 2.